The molecule has 60 valence electrons. The van der Waals surface area contributed by atoms with E-state index in [1.807, 2.05) is 20.8 Å². The van der Waals surface area contributed by atoms with Crippen LogP contribution in [0.2, 0.25) is 0 Å². The number of alkyl halides is 2. The van der Waals surface area contributed by atoms with Crippen molar-refractivity contribution in [2.45, 2.75) is 26.8 Å². The Hall–Kier alpha value is -0.115. The van der Waals surface area contributed by atoms with Crippen molar-refractivity contribution in [1.82, 2.24) is 0 Å². The third kappa shape index (κ3) is 7.88. The molecule has 1 nitrogen and oxygen atoms in total. The van der Waals surface area contributed by atoms with Crippen LogP contribution in [-0.4, -0.2) is 20.5 Å². The quantitative estimate of drug-likeness (QED) is 0.538. The summed E-state index contributed by atoms with van der Waals surface area (Å²) in [5.74, 6) is 0. The fourth-order valence-electron chi connectivity index (χ4n) is 0.343. The Morgan fingerprint density at radius 3 is 1.80 bits per heavy atom. The minimum atomic E-state index is -2.99. The third-order valence-corrected chi connectivity index (χ3v) is 0.759. The third-order valence-electron chi connectivity index (χ3n) is 0.759. The maximum absolute atomic E-state index is 12.0. The average molecular weight is 150 g/mol. The summed E-state index contributed by atoms with van der Waals surface area (Å²) in [7, 11) is 0.749. The molecule has 10 heavy (non-hydrogen) atoms. The van der Waals surface area contributed by atoms with Crippen molar-refractivity contribution in [1.29, 1.82) is 0 Å². The number of ether oxygens (including phenoxy) is 1. The Labute approximate surface area is 61.2 Å². The van der Waals surface area contributed by atoms with Crippen molar-refractivity contribution in [2.24, 2.45) is 5.41 Å². The van der Waals surface area contributed by atoms with Gasteiger partial charge in [0.25, 0.3) is 0 Å². The molecule has 0 aromatic heterocycles. The van der Waals surface area contributed by atoms with E-state index in [2.05, 4.69) is 4.74 Å². The lowest BCUT2D eigenvalue weighted by atomic mass is 9.98. The molecule has 0 radical (unpaired) electrons. The molecule has 0 rings (SSSR count). The smallest absolute Gasteiger partial charge is 0.303 e. The van der Waals surface area contributed by atoms with E-state index in [4.69, 9.17) is 0 Å². The van der Waals surface area contributed by atoms with Gasteiger partial charge in [0.1, 0.15) is 0 Å². The Morgan fingerprint density at radius 1 is 1.30 bits per heavy atom. The molecule has 0 aromatic rings. The number of hydrogen-bond acceptors (Lipinski definition) is 1. The summed E-state index contributed by atoms with van der Waals surface area (Å²) >= 11 is 0. The normalized spacial score (nSPS) is 13.7. The Bertz CT molecular complexity index is 89.3. The van der Waals surface area contributed by atoms with Crippen LogP contribution in [0.3, 0.4) is 0 Å². The molecule has 0 aliphatic rings. The molecule has 0 saturated carbocycles. The summed E-state index contributed by atoms with van der Waals surface area (Å²) < 4.78 is 28.3. The second-order valence-electron chi connectivity index (χ2n) is 3.66. The van der Waals surface area contributed by atoms with Gasteiger partial charge in [-0.3, -0.25) is 0 Å². The van der Waals surface area contributed by atoms with E-state index in [1.165, 1.54) is 0 Å². The molecule has 0 fully saturated rings. The maximum atomic E-state index is 12.0. The molecule has 0 aliphatic carbocycles. The van der Waals surface area contributed by atoms with Crippen LogP contribution in [0, 0.1) is 5.41 Å². The number of rotatable bonds is 2. The van der Waals surface area contributed by atoms with Gasteiger partial charge in [-0.15, -0.1) is 0 Å². The van der Waals surface area contributed by atoms with Gasteiger partial charge >= 0.3 is 6.01 Å². The molecular weight excluding hydrogens is 137 g/mol. The SMILES string of the molecule is BC(F)(F)OCC(C)(C)C. The van der Waals surface area contributed by atoms with E-state index in [0.29, 0.717) is 0 Å². The highest BCUT2D eigenvalue weighted by molar-refractivity contribution is 6.12. The fraction of sp³-hybridized carbons (Fsp3) is 1.00. The van der Waals surface area contributed by atoms with Gasteiger partial charge in [-0.05, 0) is 5.41 Å². The highest BCUT2D eigenvalue weighted by Crippen LogP contribution is 2.18. The second-order valence-corrected chi connectivity index (χ2v) is 3.66. The van der Waals surface area contributed by atoms with Crippen LogP contribution in [0.1, 0.15) is 20.8 Å². The summed E-state index contributed by atoms with van der Waals surface area (Å²) in [6.07, 6.45) is 0. The predicted molar refractivity (Wildman–Crippen MR) is 38.9 cm³/mol. The van der Waals surface area contributed by atoms with Crippen LogP contribution < -0.4 is 0 Å². The standard InChI is InChI=1S/C6H13BF2O/c1-5(2,3)4-10-6(7,8)9/h4,7H2,1-3H3. The summed E-state index contributed by atoms with van der Waals surface area (Å²) in [6.45, 7) is 5.62. The fourth-order valence-corrected chi connectivity index (χ4v) is 0.343. The molecule has 0 bridgehead atoms. The van der Waals surface area contributed by atoms with Gasteiger partial charge in [-0.25, -0.2) is 0 Å². The lowest BCUT2D eigenvalue weighted by Crippen LogP contribution is -2.26. The van der Waals surface area contributed by atoms with Crippen LogP contribution in [0.5, 0.6) is 0 Å². The summed E-state index contributed by atoms with van der Waals surface area (Å²) in [5, 5.41) is 0. The molecule has 0 heterocycles. The van der Waals surface area contributed by atoms with Crippen LogP contribution in [-0.2, 0) is 4.74 Å². The summed E-state index contributed by atoms with van der Waals surface area (Å²) in [5.41, 5.74) is -0.195. The molecule has 0 N–H and O–H groups in total. The molecule has 0 aliphatic heterocycles. The first-order valence-electron chi connectivity index (χ1n) is 3.22. The van der Waals surface area contributed by atoms with E-state index in [-0.39, 0.29) is 12.0 Å². The molecule has 0 aromatic carbocycles. The average Bonchev–Trinajstić information content (AvgIpc) is 1.57. The first-order chi connectivity index (χ1) is 4.21. The Morgan fingerprint density at radius 2 is 1.70 bits per heavy atom. The first kappa shape index (κ1) is 9.88. The molecule has 0 spiro atoms. The molecule has 0 saturated heterocycles. The van der Waals surface area contributed by atoms with Gasteiger partial charge in [-0.2, -0.15) is 8.78 Å². The largest absolute Gasteiger partial charge is 0.329 e. The van der Waals surface area contributed by atoms with E-state index >= 15 is 0 Å². The highest BCUT2D eigenvalue weighted by Gasteiger charge is 2.24. The zero-order valence-electron chi connectivity index (χ0n) is 6.87. The van der Waals surface area contributed by atoms with Gasteiger partial charge in [0.05, 0.1) is 6.61 Å². The minimum absolute atomic E-state index is 0.0799. The van der Waals surface area contributed by atoms with Crippen molar-refractivity contribution in [3.63, 3.8) is 0 Å². The van der Waals surface area contributed by atoms with Crippen molar-refractivity contribution in [3.05, 3.63) is 0 Å². The lowest BCUT2D eigenvalue weighted by Gasteiger charge is -2.21. The minimum Gasteiger partial charge on any atom is -0.329 e. The second kappa shape index (κ2) is 2.87. The van der Waals surface area contributed by atoms with Crippen LogP contribution in [0.15, 0.2) is 0 Å². The summed E-state index contributed by atoms with van der Waals surface area (Å²) in [6, 6.07) is -2.99. The zero-order chi connectivity index (χ0) is 8.41. The van der Waals surface area contributed by atoms with Gasteiger partial charge in [0, 0.05) is 0 Å². The summed E-state index contributed by atoms with van der Waals surface area (Å²) in [4.78, 5) is 0. The van der Waals surface area contributed by atoms with E-state index < -0.39 is 6.01 Å². The molecule has 0 amide bonds. The van der Waals surface area contributed by atoms with Crippen LogP contribution in [0.4, 0.5) is 8.78 Å². The zero-order valence-corrected chi connectivity index (χ0v) is 6.87. The number of halogens is 2. The van der Waals surface area contributed by atoms with Crippen LogP contribution in [0.25, 0.3) is 0 Å². The Kier molecular flexibility index (Phi) is 2.83. The van der Waals surface area contributed by atoms with Gasteiger partial charge < -0.3 is 4.74 Å². The molecule has 0 atom stereocenters. The molecule has 4 heteroatoms. The molecule has 0 unspecified atom stereocenters. The lowest BCUT2D eigenvalue weighted by molar-refractivity contribution is -0.185. The first-order valence-corrected chi connectivity index (χ1v) is 3.22. The topological polar surface area (TPSA) is 9.23 Å². The van der Waals surface area contributed by atoms with E-state index in [0.717, 1.165) is 7.85 Å². The van der Waals surface area contributed by atoms with E-state index in [1.54, 1.807) is 0 Å². The monoisotopic (exact) mass is 150 g/mol. The number of hydrogen-bond donors (Lipinski definition) is 0. The van der Waals surface area contributed by atoms with Gasteiger partial charge in [-0.1, -0.05) is 20.8 Å². The van der Waals surface area contributed by atoms with Crippen molar-refractivity contribution < 1.29 is 13.5 Å². The van der Waals surface area contributed by atoms with Crippen molar-refractivity contribution >= 4 is 7.85 Å². The molecular formula is C6H13BF2O. The predicted octanol–water partition coefficient (Wildman–Crippen LogP) is 1.23. The Balaban J connectivity index is 3.56. The van der Waals surface area contributed by atoms with Gasteiger partial charge in [0.2, 0.25) is 7.85 Å². The van der Waals surface area contributed by atoms with Crippen LogP contribution >= 0.6 is 0 Å². The van der Waals surface area contributed by atoms with Crippen molar-refractivity contribution in [3.8, 4) is 0 Å². The maximum Gasteiger partial charge on any atom is 0.303 e. The van der Waals surface area contributed by atoms with Gasteiger partial charge in [0.15, 0.2) is 0 Å². The van der Waals surface area contributed by atoms with Crippen molar-refractivity contribution in [2.75, 3.05) is 6.61 Å². The van der Waals surface area contributed by atoms with E-state index in [9.17, 15) is 8.78 Å². The highest BCUT2D eigenvalue weighted by atomic mass is 19.3.